The first-order chi connectivity index (χ1) is 11.3. The number of pyridine rings is 1. The van der Waals surface area contributed by atoms with Crippen LogP contribution in [0.1, 0.15) is 6.42 Å². The van der Waals surface area contributed by atoms with Gasteiger partial charge in [0.2, 0.25) is 5.91 Å². The van der Waals surface area contributed by atoms with E-state index in [0.717, 1.165) is 44.1 Å². The van der Waals surface area contributed by atoms with Crippen LogP contribution in [0.2, 0.25) is 0 Å². The number of carbonyl (C=O) groups is 1. The van der Waals surface area contributed by atoms with Crippen molar-refractivity contribution in [3.05, 3.63) is 42.9 Å². The third-order valence-electron chi connectivity index (χ3n) is 3.80. The molecule has 0 spiro atoms. The zero-order chi connectivity index (χ0) is 15.9. The fraction of sp³-hybridized carbons (Fsp3) is 0.375. The lowest BCUT2D eigenvalue weighted by Gasteiger charge is -2.21. The number of hydrogen-bond donors (Lipinski definition) is 1. The Labute approximate surface area is 135 Å². The molecule has 0 aromatic carbocycles. The van der Waals surface area contributed by atoms with Crippen molar-refractivity contribution in [1.29, 1.82) is 0 Å². The minimum Gasteiger partial charge on any atom is -0.354 e. The van der Waals surface area contributed by atoms with Crippen molar-refractivity contribution < 1.29 is 4.79 Å². The molecule has 120 valence electrons. The minimum atomic E-state index is 0.00385. The molecule has 3 heterocycles. The van der Waals surface area contributed by atoms with Crippen LogP contribution in [0.15, 0.2) is 42.9 Å². The number of nitrogens with zero attached hydrogens (tertiary/aromatic N) is 5. The van der Waals surface area contributed by atoms with Crippen LogP contribution in [-0.2, 0) is 4.79 Å². The summed E-state index contributed by atoms with van der Waals surface area (Å²) in [6.45, 7) is 3.92. The van der Waals surface area contributed by atoms with E-state index in [4.69, 9.17) is 0 Å². The van der Waals surface area contributed by atoms with Gasteiger partial charge in [-0.05, 0) is 30.7 Å². The number of nitrogens with one attached hydrogen (secondary N) is 1. The highest BCUT2D eigenvalue weighted by atomic mass is 16.2. The molecular formula is C16H20N6O. The van der Waals surface area contributed by atoms with Crippen molar-refractivity contribution in [3.63, 3.8) is 0 Å². The van der Waals surface area contributed by atoms with Gasteiger partial charge in [-0.15, -0.1) is 5.10 Å². The van der Waals surface area contributed by atoms with Crippen molar-refractivity contribution in [2.45, 2.75) is 6.42 Å². The second-order valence-electron chi connectivity index (χ2n) is 5.48. The summed E-state index contributed by atoms with van der Waals surface area (Å²) in [6.07, 6.45) is 6.01. The van der Waals surface area contributed by atoms with E-state index in [1.54, 1.807) is 30.7 Å². The number of anilines is 2. The molecule has 0 bridgehead atoms. The maximum Gasteiger partial charge on any atom is 0.238 e. The molecule has 1 aliphatic rings. The molecule has 0 radical (unpaired) electrons. The van der Waals surface area contributed by atoms with Crippen LogP contribution in [0, 0.1) is 0 Å². The zero-order valence-electron chi connectivity index (χ0n) is 12.9. The van der Waals surface area contributed by atoms with Gasteiger partial charge in [-0.3, -0.25) is 14.7 Å². The minimum absolute atomic E-state index is 0.00385. The molecule has 3 rings (SSSR count). The van der Waals surface area contributed by atoms with E-state index in [-0.39, 0.29) is 5.91 Å². The van der Waals surface area contributed by atoms with Crippen LogP contribution in [0.4, 0.5) is 11.5 Å². The second kappa shape index (κ2) is 7.64. The lowest BCUT2D eigenvalue weighted by molar-refractivity contribution is -0.117. The summed E-state index contributed by atoms with van der Waals surface area (Å²) in [7, 11) is 0. The van der Waals surface area contributed by atoms with Crippen LogP contribution in [0.5, 0.6) is 0 Å². The molecule has 2 aromatic heterocycles. The molecule has 1 N–H and O–H groups in total. The Balaban J connectivity index is 1.51. The van der Waals surface area contributed by atoms with E-state index in [0.29, 0.717) is 6.54 Å². The van der Waals surface area contributed by atoms with Gasteiger partial charge in [-0.25, -0.2) is 0 Å². The van der Waals surface area contributed by atoms with E-state index >= 15 is 0 Å². The Kier molecular flexibility index (Phi) is 5.10. The molecular weight excluding hydrogens is 292 g/mol. The number of carbonyl (C=O) groups excluding carboxylic acids is 1. The average molecular weight is 312 g/mol. The predicted molar refractivity (Wildman–Crippen MR) is 88.2 cm³/mol. The van der Waals surface area contributed by atoms with E-state index in [1.165, 1.54) is 0 Å². The van der Waals surface area contributed by atoms with Gasteiger partial charge in [0.1, 0.15) is 0 Å². The monoisotopic (exact) mass is 312 g/mol. The molecule has 1 saturated heterocycles. The molecule has 23 heavy (non-hydrogen) atoms. The summed E-state index contributed by atoms with van der Waals surface area (Å²) in [6, 6.07) is 7.44. The summed E-state index contributed by atoms with van der Waals surface area (Å²) in [5.41, 5.74) is 0.779. The Bertz CT molecular complexity index is 621. The maximum atomic E-state index is 12.1. The van der Waals surface area contributed by atoms with Crippen molar-refractivity contribution >= 4 is 17.4 Å². The van der Waals surface area contributed by atoms with Gasteiger partial charge in [0, 0.05) is 50.5 Å². The summed E-state index contributed by atoms with van der Waals surface area (Å²) >= 11 is 0. The van der Waals surface area contributed by atoms with E-state index in [1.807, 2.05) is 12.1 Å². The van der Waals surface area contributed by atoms with Crippen molar-refractivity contribution in [3.8, 4) is 0 Å². The van der Waals surface area contributed by atoms with Gasteiger partial charge in [-0.1, -0.05) is 0 Å². The van der Waals surface area contributed by atoms with Gasteiger partial charge >= 0.3 is 0 Å². The van der Waals surface area contributed by atoms with E-state index < -0.39 is 0 Å². The fourth-order valence-electron chi connectivity index (χ4n) is 2.66. The summed E-state index contributed by atoms with van der Waals surface area (Å²) in [5.74, 6) is 0.903. The third-order valence-corrected chi connectivity index (χ3v) is 3.80. The topological polar surface area (TPSA) is 74.2 Å². The van der Waals surface area contributed by atoms with Crippen molar-refractivity contribution in [2.75, 3.05) is 42.9 Å². The molecule has 1 amide bonds. The number of rotatable bonds is 4. The highest BCUT2D eigenvalue weighted by Gasteiger charge is 2.18. The Morgan fingerprint density at radius 2 is 1.96 bits per heavy atom. The van der Waals surface area contributed by atoms with E-state index in [2.05, 4.69) is 30.3 Å². The average Bonchev–Trinajstić information content (AvgIpc) is 2.82. The smallest absolute Gasteiger partial charge is 0.238 e. The molecule has 1 fully saturated rings. The maximum absolute atomic E-state index is 12.1. The SMILES string of the molecule is O=C(CN1CCCN(c2cccnn2)CC1)Nc1ccncc1. The molecule has 0 aliphatic carbocycles. The summed E-state index contributed by atoms with van der Waals surface area (Å²) in [5, 5.41) is 11.0. The molecule has 0 unspecified atom stereocenters. The standard InChI is InChI=1S/C16H20N6O/c23-16(19-14-4-7-17-8-5-14)13-21-9-2-10-22(12-11-21)15-3-1-6-18-20-15/h1,3-8H,2,9-13H2,(H,17,19,23). The highest BCUT2D eigenvalue weighted by Crippen LogP contribution is 2.12. The first kappa shape index (κ1) is 15.4. The molecule has 2 aromatic rings. The molecule has 1 aliphatic heterocycles. The zero-order valence-corrected chi connectivity index (χ0v) is 12.9. The number of amides is 1. The first-order valence-corrected chi connectivity index (χ1v) is 7.76. The second-order valence-corrected chi connectivity index (χ2v) is 5.48. The molecule has 7 heteroatoms. The molecule has 0 saturated carbocycles. The first-order valence-electron chi connectivity index (χ1n) is 7.76. The summed E-state index contributed by atoms with van der Waals surface area (Å²) < 4.78 is 0. The third kappa shape index (κ3) is 4.46. The Morgan fingerprint density at radius 1 is 1.09 bits per heavy atom. The predicted octanol–water partition coefficient (Wildman–Crippen LogP) is 1.02. The van der Waals surface area contributed by atoms with Gasteiger partial charge in [0.15, 0.2) is 5.82 Å². The molecule has 0 atom stereocenters. The summed E-state index contributed by atoms with van der Waals surface area (Å²) in [4.78, 5) is 20.5. The normalized spacial score (nSPS) is 15.9. The van der Waals surface area contributed by atoms with Crippen LogP contribution >= 0.6 is 0 Å². The van der Waals surface area contributed by atoms with Crippen molar-refractivity contribution in [1.82, 2.24) is 20.1 Å². The lowest BCUT2D eigenvalue weighted by atomic mass is 10.3. The van der Waals surface area contributed by atoms with Crippen LogP contribution in [-0.4, -0.2) is 58.7 Å². The van der Waals surface area contributed by atoms with Crippen molar-refractivity contribution in [2.24, 2.45) is 0 Å². The van der Waals surface area contributed by atoms with Gasteiger partial charge in [0.25, 0.3) is 0 Å². The van der Waals surface area contributed by atoms with Gasteiger partial charge < -0.3 is 10.2 Å². The number of aromatic nitrogens is 3. The van der Waals surface area contributed by atoms with Gasteiger partial charge in [-0.2, -0.15) is 5.10 Å². The largest absolute Gasteiger partial charge is 0.354 e. The quantitative estimate of drug-likeness (QED) is 0.909. The number of hydrogen-bond acceptors (Lipinski definition) is 6. The lowest BCUT2D eigenvalue weighted by Crippen LogP contribution is -2.36. The Morgan fingerprint density at radius 3 is 2.74 bits per heavy atom. The van der Waals surface area contributed by atoms with Crippen LogP contribution in [0.25, 0.3) is 0 Å². The van der Waals surface area contributed by atoms with E-state index in [9.17, 15) is 4.79 Å². The highest BCUT2D eigenvalue weighted by molar-refractivity contribution is 5.92. The Hall–Kier alpha value is -2.54. The van der Waals surface area contributed by atoms with Gasteiger partial charge in [0.05, 0.1) is 6.54 Å². The fourth-order valence-corrected chi connectivity index (χ4v) is 2.66. The van der Waals surface area contributed by atoms with Crippen LogP contribution < -0.4 is 10.2 Å². The molecule has 7 nitrogen and oxygen atoms in total. The van der Waals surface area contributed by atoms with Crippen LogP contribution in [0.3, 0.4) is 0 Å².